The van der Waals surface area contributed by atoms with Crippen molar-refractivity contribution in [1.82, 2.24) is 4.57 Å². The molecule has 3 amide bonds. The number of thioether (sulfide) groups is 1. The number of hydrogen-bond acceptors (Lipinski definition) is 7. The number of carbonyl (C=O) groups is 3. The Balaban J connectivity index is 1.38. The third-order valence-electron chi connectivity index (χ3n) is 6.62. The Bertz CT molecular complexity index is 1610. The first-order valence-corrected chi connectivity index (χ1v) is 13.8. The molecule has 1 N–H and O–H groups in total. The number of amides is 3. The molecule has 1 saturated heterocycles. The highest BCUT2D eigenvalue weighted by molar-refractivity contribution is 8.00. The van der Waals surface area contributed by atoms with Gasteiger partial charge in [-0.25, -0.2) is 4.90 Å². The summed E-state index contributed by atoms with van der Waals surface area (Å²) in [5.41, 5.74) is 2.06. The lowest BCUT2D eigenvalue weighted by molar-refractivity contribution is -0.122. The van der Waals surface area contributed by atoms with Gasteiger partial charge in [0.1, 0.15) is 17.6 Å². The maximum atomic E-state index is 13.7. The molecule has 2 aromatic heterocycles. The van der Waals surface area contributed by atoms with Gasteiger partial charge in [-0.2, -0.15) is 0 Å². The lowest BCUT2D eigenvalue weighted by Gasteiger charge is -2.29. The van der Waals surface area contributed by atoms with Crippen molar-refractivity contribution in [2.45, 2.75) is 29.7 Å². The molecule has 38 heavy (non-hydrogen) atoms. The average Bonchev–Trinajstić information content (AvgIpc) is 3.59. The summed E-state index contributed by atoms with van der Waals surface area (Å²) in [7, 11) is 0. The zero-order valence-electron chi connectivity index (χ0n) is 19.9. The molecule has 2 aliphatic rings. The maximum absolute atomic E-state index is 13.7. The first-order valence-electron chi connectivity index (χ1n) is 11.8. The molecule has 192 valence electrons. The minimum Gasteiger partial charge on any atom is -0.469 e. The molecule has 0 radical (unpaired) electrons. The van der Waals surface area contributed by atoms with Gasteiger partial charge in [-0.05, 0) is 55.5 Å². The highest BCUT2D eigenvalue weighted by Gasteiger charge is 2.57. The highest BCUT2D eigenvalue weighted by Crippen LogP contribution is 2.53. The van der Waals surface area contributed by atoms with Crippen molar-refractivity contribution in [3.05, 3.63) is 97.8 Å². The van der Waals surface area contributed by atoms with Gasteiger partial charge in [-0.15, -0.1) is 0 Å². The minimum absolute atomic E-state index is 0.244. The second-order valence-electron chi connectivity index (χ2n) is 9.08. The second kappa shape index (κ2) is 9.61. The molecule has 1 fully saturated rings. The van der Waals surface area contributed by atoms with Gasteiger partial charge in [-0.3, -0.25) is 23.7 Å². The van der Waals surface area contributed by atoms with Crippen molar-refractivity contribution in [3.63, 3.8) is 0 Å². The van der Waals surface area contributed by atoms with Crippen LogP contribution >= 0.6 is 34.7 Å². The monoisotopic (exact) mass is 565 g/mol. The van der Waals surface area contributed by atoms with Crippen molar-refractivity contribution in [2.24, 2.45) is 5.92 Å². The third kappa shape index (κ3) is 4.18. The number of aryl methyl sites for hydroxylation is 1. The molecule has 11 heteroatoms. The smallest absolute Gasteiger partial charge is 0.308 e. The number of thiazole rings is 1. The molecule has 8 nitrogen and oxygen atoms in total. The van der Waals surface area contributed by atoms with Gasteiger partial charge in [0.15, 0.2) is 0 Å². The van der Waals surface area contributed by atoms with Crippen molar-refractivity contribution in [1.29, 1.82) is 0 Å². The fourth-order valence-electron chi connectivity index (χ4n) is 4.86. The van der Waals surface area contributed by atoms with Crippen LogP contribution in [0.15, 0.2) is 81.2 Å². The number of carbonyl (C=O) groups excluding carboxylic acids is 3. The topological polar surface area (TPSA) is 102 Å². The van der Waals surface area contributed by atoms with E-state index in [-0.39, 0.29) is 23.2 Å². The van der Waals surface area contributed by atoms with Crippen molar-refractivity contribution < 1.29 is 18.8 Å². The molecule has 4 aromatic rings. The highest BCUT2D eigenvalue weighted by atomic mass is 35.5. The van der Waals surface area contributed by atoms with Crippen molar-refractivity contribution in [2.75, 3.05) is 10.2 Å². The molecule has 2 unspecified atom stereocenters. The largest absolute Gasteiger partial charge is 0.469 e. The molecule has 2 aromatic carbocycles. The van der Waals surface area contributed by atoms with Gasteiger partial charge in [0.05, 0.1) is 33.7 Å². The Morgan fingerprint density at radius 3 is 2.45 bits per heavy atom. The van der Waals surface area contributed by atoms with E-state index in [1.165, 1.54) is 15.7 Å². The standard InChI is InChI=1S/C27H20ClN3O5S2/c1-14-4-10-17(11-5-14)31-24(33)21-20(18-3-2-12-36-18)23-26(37-22(21)25(31)34)30(27(35)38-23)13-19(32)29-16-8-6-15(28)7-9-16/h2-12,20-22H,13H2,1H3,(H,29,32)/t20-,21?,22?/m1/s1. The molecule has 4 heterocycles. The Morgan fingerprint density at radius 1 is 1.03 bits per heavy atom. The summed E-state index contributed by atoms with van der Waals surface area (Å²) in [4.78, 5) is 54.9. The van der Waals surface area contributed by atoms with Crippen molar-refractivity contribution in [3.8, 4) is 0 Å². The summed E-state index contributed by atoms with van der Waals surface area (Å²) >= 11 is 8.05. The van der Waals surface area contributed by atoms with E-state index in [2.05, 4.69) is 5.32 Å². The van der Waals surface area contributed by atoms with E-state index < -0.39 is 23.0 Å². The fourth-order valence-corrected chi connectivity index (χ4v) is 7.74. The van der Waals surface area contributed by atoms with E-state index in [1.54, 1.807) is 48.5 Å². The molecule has 2 aliphatic heterocycles. The predicted octanol–water partition coefficient (Wildman–Crippen LogP) is 4.90. The van der Waals surface area contributed by atoms with Gasteiger partial charge < -0.3 is 9.73 Å². The number of furan rings is 1. The molecule has 3 atom stereocenters. The molecule has 0 saturated carbocycles. The van der Waals surface area contributed by atoms with Crippen LogP contribution in [-0.2, 0) is 20.9 Å². The normalized spacial score (nSPS) is 20.4. The molecule has 0 aliphatic carbocycles. The lowest BCUT2D eigenvalue weighted by atomic mass is 9.87. The van der Waals surface area contributed by atoms with E-state index >= 15 is 0 Å². The van der Waals surface area contributed by atoms with Crippen LogP contribution in [0.1, 0.15) is 22.1 Å². The SMILES string of the molecule is Cc1ccc(N2C(=O)C3Sc4c(sc(=O)n4CC(=O)Nc4ccc(Cl)cc4)[C@H](c4ccco4)C3C2=O)cc1. The summed E-state index contributed by atoms with van der Waals surface area (Å²) in [6.07, 6.45) is 1.50. The van der Waals surface area contributed by atoms with Gasteiger partial charge in [0.2, 0.25) is 17.7 Å². The first kappa shape index (κ1) is 24.7. The zero-order chi connectivity index (χ0) is 26.6. The van der Waals surface area contributed by atoms with E-state index in [4.69, 9.17) is 16.0 Å². The predicted molar refractivity (Wildman–Crippen MR) is 146 cm³/mol. The van der Waals surface area contributed by atoms with Crippen molar-refractivity contribution >= 4 is 63.8 Å². The summed E-state index contributed by atoms with van der Waals surface area (Å²) in [5.74, 6) is -1.98. The Labute approximate surface area is 230 Å². The van der Waals surface area contributed by atoms with Gasteiger partial charge in [-0.1, -0.05) is 52.4 Å². The number of rotatable bonds is 5. The number of hydrogen-bond donors (Lipinski definition) is 1. The number of aromatic nitrogens is 1. The third-order valence-corrected chi connectivity index (χ3v) is 9.48. The maximum Gasteiger partial charge on any atom is 0.308 e. The zero-order valence-corrected chi connectivity index (χ0v) is 22.3. The number of fused-ring (bicyclic) bond motifs is 2. The summed E-state index contributed by atoms with van der Waals surface area (Å²) in [6, 6.07) is 17.3. The van der Waals surface area contributed by atoms with E-state index in [0.717, 1.165) is 28.7 Å². The van der Waals surface area contributed by atoms with Crippen LogP contribution in [0.3, 0.4) is 0 Å². The Hall–Kier alpha value is -3.60. The van der Waals surface area contributed by atoms with E-state index in [0.29, 0.717) is 32.1 Å². The Morgan fingerprint density at radius 2 is 1.76 bits per heavy atom. The number of nitrogens with zero attached hydrogens (tertiary/aromatic N) is 2. The second-order valence-corrected chi connectivity index (χ2v) is 11.6. The van der Waals surface area contributed by atoms with Gasteiger partial charge >= 0.3 is 4.87 Å². The van der Waals surface area contributed by atoms with Crippen LogP contribution in [0, 0.1) is 12.8 Å². The lowest BCUT2D eigenvalue weighted by Crippen LogP contribution is -2.32. The summed E-state index contributed by atoms with van der Waals surface area (Å²) < 4.78 is 7.08. The Kier molecular flexibility index (Phi) is 6.25. The van der Waals surface area contributed by atoms with Crippen LogP contribution in [0.2, 0.25) is 5.02 Å². The quantitative estimate of drug-likeness (QED) is 0.345. The average molecular weight is 566 g/mol. The van der Waals surface area contributed by atoms with Crippen LogP contribution < -0.4 is 15.1 Å². The number of anilines is 2. The first-order chi connectivity index (χ1) is 18.3. The van der Waals surface area contributed by atoms with E-state index in [1.807, 2.05) is 19.1 Å². The van der Waals surface area contributed by atoms with Crippen LogP contribution in [0.25, 0.3) is 0 Å². The number of imide groups is 1. The summed E-state index contributed by atoms with van der Waals surface area (Å²) in [6.45, 7) is 1.69. The number of benzene rings is 2. The van der Waals surface area contributed by atoms with Gasteiger partial charge in [0.25, 0.3) is 0 Å². The fraction of sp³-hybridized carbons (Fsp3) is 0.185. The molecule has 6 rings (SSSR count). The number of halogens is 1. The van der Waals surface area contributed by atoms with Crippen LogP contribution in [0.5, 0.6) is 0 Å². The molecular weight excluding hydrogens is 546 g/mol. The molecule has 0 spiro atoms. The minimum atomic E-state index is -0.772. The van der Waals surface area contributed by atoms with Crippen LogP contribution in [0.4, 0.5) is 11.4 Å². The molecule has 0 bridgehead atoms. The van der Waals surface area contributed by atoms with Crippen LogP contribution in [-0.4, -0.2) is 27.5 Å². The molecular formula is C27H20ClN3O5S2. The number of nitrogens with one attached hydrogen (secondary N) is 1. The van der Waals surface area contributed by atoms with E-state index in [9.17, 15) is 19.2 Å². The summed E-state index contributed by atoms with van der Waals surface area (Å²) in [5, 5.41) is 3.03. The van der Waals surface area contributed by atoms with Gasteiger partial charge in [0, 0.05) is 10.7 Å².